The Labute approximate surface area is 100 Å². The lowest BCUT2D eigenvalue weighted by molar-refractivity contribution is 0.0696. The molecule has 0 spiro atoms. The average molecular weight is 252 g/mol. The highest BCUT2D eigenvalue weighted by Gasteiger charge is 2.11. The first-order valence-electron chi connectivity index (χ1n) is 4.96. The highest BCUT2D eigenvalue weighted by molar-refractivity contribution is 5.89. The molecule has 0 fully saturated rings. The molecule has 1 N–H and O–H groups in total. The van der Waals surface area contributed by atoms with Crippen molar-refractivity contribution < 1.29 is 23.1 Å². The summed E-state index contributed by atoms with van der Waals surface area (Å²) in [7, 11) is 0. The zero-order chi connectivity index (χ0) is 13.3. The molecule has 2 aromatic rings. The van der Waals surface area contributed by atoms with E-state index in [-0.39, 0.29) is 16.7 Å². The van der Waals surface area contributed by atoms with Gasteiger partial charge in [-0.3, -0.25) is 0 Å². The largest absolute Gasteiger partial charge is 0.478 e. The molecule has 0 aromatic heterocycles. The minimum Gasteiger partial charge on any atom is -0.478 e. The van der Waals surface area contributed by atoms with Crippen molar-refractivity contribution in [2.45, 2.75) is 0 Å². The summed E-state index contributed by atoms with van der Waals surface area (Å²) in [6.45, 7) is 0. The summed E-state index contributed by atoms with van der Waals surface area (Å²) in [6.07, 6.45) is 0. The number of carbonyl (C=O) groups is 1. The molecule has 0 saturated heterocycles. The fraction of sp³-hybridized carbons (Fsp3) is 0. The minimum atomic E-state index is -1.32. The Bertz CT molecular complexity index is 624. The average Bonchev–Trinajstić information content (AvgIpc) is 2.27. The maximum absolute atomic E-state index is 13.5. The Morgan fingerprint density at radius 3 is 2.28 bits per heavy atom. The molecule has 5 heteroatoms. The molecule has 0 unspecified atom stereocenters. The van der Waals surface area contributed by atoms with Gasteiger partial charge in [-0.1, -0.05) is 0 Å². The number of rotatable bonds is 2. The van der Waals surface area contributed by atoms with Crippen molar-refractivity contribution in [2.75, 3.05) is 0 Å². The number of halogens is 3. The molecule has 2 nitrogen and oxygen atoms in total. The molecule has 0 bridgehead atoms. The Balaban J connectivity index is 2.60. The first kappa shape index (κ1) is 12.2. The van der Waals surface area contributed by atoms with Gasteiger partial charge in [-0.05, 0) is 35.9 Å². The van der Waals surface area contributed by atoms with Gasteiger partial charge in [0.25, 0.3) is 0 Å². The molecular weight excluding hydrogens is 245 g/mol. The van der Waals surface area contributed by atoms with E-state index in [1.165, 1.54) is 0 Å². The molecule has 0 radical (unpaired) electrons. The zero-order valence-corrected chi connectivity index (χ0v) is 8.95. The number of hydrogen-bond donors (Lipinski definition) is 1. The summed E-state index contributed by atoms with van der Waals surface area (Å²) in [5, 5.41) is 8.77. The van der Waals surface area contributed by atoms with Crippen LogP contribution in [0, 0.1) is 17.5 Å². The van der Waals surface area contributed by atoms with Crippen molar-refractivity contribution >= 4 is 5.97 Å². The van der Waals surface area contributed by atoms with Crippen molar-refractivity contribution in [2.24, 2.45) is 0 Å². The monoisotopic (exact) mass is 252 g/mol. The van der Waals surface area contributed by atoms with E-state index in [1.807, 2.05) is 0 Å². The fourth-order valence-corrected chi connectivity index (χ4v) is 1.59. The van der Waals surface area contributed by atoms with Crippen LogP contribution in [0.1, 0.15) is 10.4 Å². The number of carboxylic acid groups (broad SMARTS) is 1. The number of benzene rings is 2. The van der Waals surface area contributed by atoms with Crippen LogP contribution in [0.5, 0.6) is 0 Å². The smallest absolute Gasteiger partial charge is 0.335 e. The lowest BCUT2D eigenvalue weighted by Gasteiger charge is -2.05. The molecule has 2 rings (SSSR count). The van der Waals surface area contributed by atoms with Gasteiger partial charge in [0.05, 0.1) is 5.56 Å². The number of carboxylic acids is 1. The Morgan fingerprint density at radius 2 is 1.67 bits per heavy atom. The Hall–Kier alpha value is -2.30. The molecule has 2 aromatic carbocycles. The predicted octanol–water partition coefficient (Wildman–Crippen LogP) is 3.47. The zero-order valence-electron chi connectivity index (χ0n) is 8.95. The summed E-state index contributed by atoms with van der Waals surface area (Å²) in [6, 6.07) is 5.74. The second-order valence-electron chi connectivity index (χ2n) is 3.66. The van der Waals surface area contributed by atoms with Gasteiger partial charge in [0.1, 0.15) is 17.5 Å². The van der Waals surface area contributed by atoms with E-state index in [4.69, 9.17) is 5.11 Å². The number of aromatic carboxylic acids is 1. The highest BCUT2D eigenvalue weighted by Crippen LogP contribution is 2.25. The maximum atomic E-state index is 13.5. The third kappa shape index (κ3) is 2.34. The molecule has 0 aliphatic carbocycles. The summed E-state index contributed by atoms with van der Waals surface area (Å²) in [5.74, 6) is -3.75. The van der Waals surface area contributed by atoms with Gasteiger partial charge in [-0.2, -0.15) is 0 Å². The van der Waals surface area contributed by atoms with Crippen molar-refractivity contribution in [1.29, 1.82) is 0 Å². The lowest BCUT2D eigenvalue weighted by Crippen LogP contribution is -1.98. The second-order valence-corrected chi connectivity index (χ2v) is 3.66. The van der Waals surface area contributed by atoms with Crippen LogP contribution in [0.4, 0.5) is 13.2 Å². The van der Waals surface area contributed by atoms with Gasteiger partial charge < -0.3 is 5.11 Å². The van der Waals surface area contributed by atoms with E-state index in [2.05, 4.69) is 0 Å². The molecule has 0 amide bonds. The molecule has 0 aliphatic rings. The van der Waals surface area contributed by atoms with E-state index in [9.17, 15) is 18.0 Å². The Morgan fingerprint density at radius 1 is 0.944 bits per heavy atom. The van der Waals surface area contributed by atoms with E-state index >= 15 is 0 Å². The summed E-state index contributed by atoms with van der Waals surface area (Å²) < 4.78 is 39.5. The third-order valence-electron chi connectivity index (χ3n) is 2.39. The molecule has 0 atom stereocenters. The van der Waals surface area contributed by atoms with Crippen LogP contribution in [0.25, 0.3) is 11.1 Å². The second kappa shape index (κ2) is 4.52. The van der Waals surface area contributed by atoms with Crippen LogP contribution in [-0.4, -0.2) is 11.1 Å². The van der Waals surface area contributed by atoms with Crippen molar-refractivity contribution in [3.63, 3.8) is 0 Å². The third-order valence-corrected chi connectivity index (χ3v) is 2.39. The van der Waals surface area contributed by atoms with Gasteiger partial charge in [0.15, 0.2) is 0 Å². The van der Waals surface area contributed by atoms with E-state index < -0.39 is 23.4 Å². The van der Waals surface area contributed by atoms with Crippen molar-refractivity contribution in [3.05, 3.63) is 59.4 Å². The predicted molar refractivity (Wildman–Crippen MR) is 58.7 cm³/mol. The van der Waals surface area contributed by atoms with Crippen LogP contribution in [0.15, 0.2) is 36.4 Å². The normalized spacial score (nSPS) is 10.4. The molecular formula is C13H7F3O2. The molecule has 0 heterocycles. The molecule has 18 heavy (non-hydrogen) atoms. The van der Waals surface area contributed by atoms with E-state index in [0.29, 0.717) is 6.07 Å². The van der Waals surface area contributed by atoms with Gasteiger partial charge >= 0.3 is 5.97 Å². The van der Waals surface area contributed by atoms with Crippen LogP contribution < -0.4 is 0 Å². The van der Waals surface area contributed by atoms with Gasteiger partial charge in [-0.25, -0.2) is 18.0 Å². The minimum absolute atomic E-state index is 0.0462. The summed E-state index contributed by atoms with van der Waals surface area (Å²) in [4.78, 5) is 10.8. The molecule has 0 aliphatic heterocycles. The first-order chi connectivity index (χ1) is 8.47. The SMILES string of the molecule is O=C(O)c1cc(F)cc(-c2ccc(F)cc2F)c1. The van der Waals surface area contributed by atoms with Gasteiger partial charge in [0.2, 0.25) is 0 Å². The summed E-state index contributed by atoms with van der Waals surface area (Å²) in [5.41, 5.74) is -0.308. The van der Waals surface area contributed by atoms with E-state index in [1.54, 1.807) is 0 Å². The fourth-order valence-electron chi connectivity index (χ4n) is 1.59. The molecule has 92 valence electrons. The van der Waals surface area contributed by atoms with Crippen LogP contribution in [0.2, 0.25) is 0 Å². The molecule has 0 saturated carbocycles. The van der Waals surface area contributed by atoms with Gasteiger partial charge in [0, 0.05) is 11.6 Å². The lowest BCUT2D eigenvalue weighted by atomic mass is 10.0. The van der Waals surface area contributed by atoms with E-state index in [0.717, 1.165) is 30.3 Å². The number of hydrogen-bond acceptors (Lipinski definition) is 1. The van der Waals surface area contributed by atoms with Crippen LogP contribution >= 0.6 is 0 Å². The van der Waals surface area contributed by atoms with Crippen LogP contribution in [-0.2, 0) is 0 Å². The van der Waals surface area contributed by atoms with Crippen molar-refractivity contribution in [3.8, 4) is 11.1 Å². The highest BCUT2D eigenvalue weighted by atomic mass is 19.1. The summed E-state index contributed by atoms with van der Waals surface area (Å²) >= 11 is 0. The first-order valence-corrected chi connectivity index (χ1v) is 4.96. The van der Waals surface area contributed by atoms with Crippen molar-refractivity contribution in [1.82, 2.24) is 0 Å². The standard InChI is InChI=1S/C13H7F3O2/c14-9-1-2-11(12(16)6-9)7-3-8(13(17)18)5-10(15)4-7/h1-6H,(H,17,18). The van der Waals surface area contributed by atoms with Crippen LogP contribution in [0.3, 0.4) is 0 Å². The maximum Gasteiger partial charge on any atom is 0.335 e. The quantitative estimate of drug-likeness (QED) is 0.888. The topological polar surface area (TPSA) is 37.3 Å². The Kier molecular flexibility index (Phi) is 3.06. The van der Waals surface area contributed by atoms with Gasteiger partial charge in [-0.15, -0.1) is 0 Å².